The number of thiophene rings is 1. The quantitative estimate of drug-likeness (QED) is 0.424. The maximum absolute atomic E-state index is 13.9. The zero-order chi connectivity index (χ0) is 26.6. The lowest BCUT2D eigenvalue weighted by Gasteiger charge is -2.38. The van der Waals surface area contributed by atoms with Gasteiger partial charge in [0.2, 0.25) is 15.9 Å². The molecule has 6 nitrogen and oxygen atoms in total. The highest BCUT2D eigenvalue weighted by Crippen LogP contribution is 2.64. The topological polar surface area (TPSA) is 74.8 Å². The highest BCUT2D eigenvalue weighted by molar-refractivity contribution is 7.89. The third-order valence-corrected chi connectivity index (χ3v) is 12.1. The fourth-order valence-electron chi connectivity index (χ4n) is 6.33. The number of amides is 1. The molecule has 0 N–H and O–H groups in total. The van der Waals surface area contributed by atoms with Gasteiger partial charge in [-0.2, -0.15) is 4.31 Å². The number of benzene rings is 1. The minimum Gasteiger partial charge on any atom is -0.332 e. The highest BCUT2D eigenvalue weighted by Gasteiger charge is 2.66. The number of hydrogen-bond acceptors (Lipinski definition) is 5. The zero-order valence-electron chi connectivity index (χ0n) is 21.7. The smallest absolute Gasteiger partial charge is 0.238 e. The summed E-state index contributed by atoms with van der Waals surface area (Å²) in [5, 5.41) is 1.97. The Morgan fingerprint density at radius 1 is 1.11 bits per heavy atom. The molecule has 2 bridgehead atoms. The van der Waals surface area contributed by atoms with E-state index in [0.29, 0.717) is 19.4 Å². The maximum Gasteiger partial charge on any atom is 0.238 e. The second-order valence-corrected chi connectivity index (χ2v) is 14.5. The Bertz CT molecular complexity index is 1300. The van der Waals surface area contributed by atoms with Gasteiger partial charge < -0.3 is 4.90 Å². The molecule has 1 aromatic carbocycles. The van der Waals surface area contributed by atoms with Gasteiger partial charge in [0, 0.05) is 29.3 Å². The Hall–Kier alpha value is -2.10. The van der Waals surface area contributed by atoms with Crippen molar-refractivity contribution < 1.29 is 22.4 Å². The van der Waals surface area contributed by atoms with Gasteiger partial charge >= 0.3 is 0 Å². The van der Waals surface area contributed by atoms with E-state index < -0.39 is 15.4 Å². The van der Waals surface area contributed by atoms with Gasteiger partial charge in [-0.05, 0) is 78.6 Å². The van der Waals surface area contributed by atoms with Gasteiger partial charge in [0.1, 0.15) is 11.6 Å². The first-order valence-electron chi connectivity index (χ1n) is 13.0. The molecule has 2 atom stereocenters. The van der Waals surface area contributed by atoms with E-state index in [9.17, 15) is 22.4 Å². The number of carbonyl (C=O) groups excluding carboxylic acids is 2. The number of aryl methyl sites for hydroxylation is 1. The monoisotopic (exact) mass is 546 g/mol. The van der Waals surface area contributed by atoms with Crippen molar-refractivity contribution in [3.05, 3.63) is 57.5 Å². The van der Waals surface area contributed by atoms with Gasteiger partial charge in [-0.1, -0.05) is 26.0 Å². The molecule has 5 rings (SSSR count). The van der Waals surface area contributed by atoms with Crippen LogP contribution in [0.5, 0.6) is 0 Å². The van der Waals surface area contributed by atoms with Crippen LogP contribution in [0.4, 0.5) is 4.39 Å². The van der Waals surface area contributed by atoms with Gasteiger partial charge in [-0.3, -0.25) is 9.59 Å². The fourth-order valence-corrected chi connectivity index (χ4v) is 9.69. The summed E-state index contributed by atoms with van der Waals surface area (Å²) in [5.41, 5.74) is 0.625. The van der Waals surface area contributed by atoms with E-state index in [1.807, 2.05) is 32.2 Å². The lowest BCUT2D eigenvalue weighted by molar-refractivity contribution is -0.132. The normalized spacial score (nSPS) is 24.7. The summed E-state index contributed by atoms with van der Waals surface area (Å²) in [4.78, 5) is 29.4. The van der Waals surface area contributed by atoms with Crippen LogP contribution >= 0.6 is 11.3 Å². The number of nitrogens with zero attached hydrogens (tertiary/aromatic N) is 2. The Balaban J connectivity index is 1.38. The van der Waals surface area contributed by atoms with Crippen LogP contribution in [0.1, 0.15) is 62.0 Å². The summed E-state index contributed by atoms with van der Waals surface area (Å²) in [6.07, 6.45) is 3.38. The number of fused-ring (bicyclic) bond motifs is 2. The highest BCUT2D eigenvalue weighted by atomic mass is 32.2. The summed E-state index contributed by atoms with van der Waals surface area (Å²) in [7, 11) is -3.85. The van der Waals surface area contributed by atoms with Crippen molar-refractivity contribution in [3.8, 4) is 0 Å². The second-order valence-electron chi connectivity index (χ2n) is 11.6. The predicted octanol–water partition coefficient (Wildman–Crippen LogP) is 4.91. The molecule has 0 saturated heterocycles. The molecule has 3 fully saturated rings. The van der Waals surface area contributed by atoms with Gasteiger partial charge in [-0.25, -0.2) is 12.8 Å². The van der Waals surface area contributed by atoms with Gasteiger partial charge in [0.05, 0.1) is 18.8 Å². The van der Waals surface area contributed by atoms with Crippen molar-refractivity contribution in [2.24, 2.45) is 16.7 Å². The molecule has 0 spiro atoms. The Morgan fingerprint density at radius 3 is 2.35 bits per heavy atom. The van der Waals surface area contributed by atoms with Crippen LogP contribution in [-0.4, -0.2) is 47.7 Å². The fraction of sp³-hybridized carbons (Fsp3) is 0.571. The van der Waals surface area contributed by atoms with E-state index >= 15 is 0 Å². The summed E-state index contributed by atoms with van der Waals surface area (Å²) in [5.74, 6) is -0.559. The number of Topliss-reactive ketones (excluding diaryl/α,β-unsaturated/α-hetero) is 1. The van der Waals surface area contributed by atoms with E-state index in [-0.39, 0.29) is 53.7 Å². The summed E-state index contributed by atoms with van der Waals surface area (Å²) >= 11 is 1.56. The van der Waals surface area contributed by atoms with E-state index in [1.165, 1.54) is 16.4 Å². The van der Waals surface area contributed by atoms with Crippen LogP contribution in [-0.2, 0) is 32.7 Å². The molecular weight excluding hydrogens is 511 g/mol. The average Bonchev–Trinajstić information content (AvgIpc) is 3.51. The second kappa shape index (κ2) is 9.58. The van der Waals surface area contributed by atoms with Crippen molar-refractivity contribution >= 4 is 33.1 Å². The minimum absolute atomic E-state index is 0.0607. The standard InChI is InChI=1S/C28H35FN2O4S2/c1-19-11-13-36-24(19)16-30(15-20-4-6-22(29)7-5-20)26(33)17-31(23-8-9-23)37(34,35)18-28-12-10-21(14-25(28)32)27(28,2)3/h4-7,11,13,21,23H,8-10,12,14-18H2,1-3H3. The van der Waals surface area contributed by atoms with E-state index in [4.69, 9.17) is 0 Å². The van der Waals surface area contributed by atoms with Crippen molar-refractivity contribution in [1.82, 2.24) is 9.21 Å². The summed E-state index contributed by atoms with van der Waals surface area (Å²) in [6.45, 7) is 6.42. The van der Waals surface area contributed by atoms with E-state index in [2.05, 4.69) is 0 Å². The molecule has 37 heavy (non-hydrogen) atoms. The first kappa shape index (κ1) is 26.5. The van der Waals surface area contributed by atoms with Crippen molar-refractivity contribution in [3.63, 3.8) is 0 Å². The van der Waals surface area contributed by atoms with Crippen molar-refractivity contribution in [2.75, 3.05) is 12.3 Å². The molecule has 1 heterocycles. The molecule has 1 amide bonds. The number of sulfonamides is 1. The Labute approximate surface area is 222 Å². The molecular formula is C28H35FN2O4S2. The summed E-state index contributed by atoms with van der Waals surface area (Å²) < 4.78 is 42.6. The van der Waals surface area contributed by atoms with Crippen molar-refractivity contribution in [1.29, 1.82) is 0 Å². The number of carbonyl (C=O) groups is 2. The van der Waals surface area contributed by atoms with E-state index in [0.717, 1.165) is 35.3 Å². The summed E-state index contributed by atoms with van der Waals surface area (Å²) in [6, 6.07) is 7.83. The first-order chi connectivity index (χ1) is 17.4. The van der Waals surface area contributed by atoms with Crippen LogP contribution in [0.15, 0.2) is 35.7 Å². The van der Waals surface area contributed by atoms with Gasteiger partial charge in [-0.15, -0.1) is 11.3 Å². The molecule has 9 heteroatoms. The van der Waals surface area contributed by atoms with Crippen LogP contribution in [0.2, 0.25) is 0 Å². The predicted molar refractivity (Wildman–Crippen MR) is 142 cm³/mol. The molecule has 3 aliphatic carbocycles. The number of hydrogen-bond donors (Lipinski definition) is 0. The molecule has 0 radical (unpaired) electrons. The third-order valence-electron chi connectivity index (χ3n) is 9.11. The molecule has 1 aromatic heterocycles. The largest absolute Gasteiger partial charge is 0.332 e. The molecule has 3 aliphatic rings. The molecule has 0 aliphatic heterocycles. The third kappa shape index (κ3) is 4.90. The molecule has 200 valence electrons. The number of ketones is 1. The van der Waals surface area contributed by atoms with Crippen molar-refractivity contribution in [2.45, 2.75) is 72.0 Å². The van der Waals surface area contributed by atoms with Crippen LogP contribution in [0.3, 0.4) is 0 Å². The Morgan fingerprint density at radius 2 is 1.81 bits per heavy atom. The molecule has 2 unspecified atom stereocenters. The lowest BCUT2D eigenvalue weighted by atomic mass is 9.70. The SMILES string of the molecule is Cc1ccsc1CN(Cc1ccc(F)cc1)C(=O)CN(C1CC1)S(=O)(=O)CC12CCC(CC1=O)C2(C)C. The number of halogens is 1. The van der Waals surface area contributed by atoms with Crippen LogP contribution < -0.4 is 0 Å². The maximum atomic E-state index is 13.9. The number of rotatable bonds is 10. The molecule has 2 aromatic rings. The first-order valence-corrected chi connectivity index (χ1v) is 15.5. The minimum atomic E-state index is -3.85. The average molecular weight is 547 g/mol. The zero-order valence-corrected chi connectivity index (χ0v) is 23.3. The van der Waals surface area contributed by atoms with E-state index in [1.54, 1.807) is 28.4 Å². The van der Waals surface area contributed by atoms with Crippen LogP contribution in [0, 0.1) is 29.5 Å². The van der Waals surface area contributed by atoms with Crippen LogP contribution in [0.25, 0.3) is 0 Å². The lowest BCUT2D eigenvalue weighted by Crippen LogP contribution is -2.49. The Kier molecular flexibility index (Phi) is 6.86. The van der Waals surface area contributed by atoms with Gasteiger partial charge in [0.15, 0.2) is 0 Å². The molecule has 3 saturated carbocycles. The van der Waals surface area contributed by atoms with Gasteiger partial charge in [0.25, 0.3) is 0 Å².